The standard InChI is InChI=1S/C17H28N2O/c1-14(2)18-12-15-8-5-6-10-17(15)19-11-7-3-4-9-16(19)13-20/h5-6,8,10,14,16,18,20H,3-4,7,9,11-13H2,1-2H3. The van der Waals surface area contributed by atoms with Crippen molar-refractivity contribution >= 4 is 5.69 Å². The summed E-state index contributed by atoms with van der Waals surface area (Å²) in [5, 5.41) is 13.2. The van der Waals surface area contributed by atoms with Gasteiger partial charge in [-0.05, 0) is 24.5 Å². The van der Waals surface area contributed by atoms with Crippen LogP contribution in [0.5, 0.6) is 0 Å². The summed E-state index contributed by atoms with van der Waals surface area (Å²) < 4.78 is 0. The van der Waals surface area contributed by atoms with Crippen LogP contribution >= 0.6 is 0 Å². The molecule has 3 nitrogen and oxygen atoms in total. The van der Waals surface area contributed by atoms with E-state index in [-0.39, 0.29) is 12.6 Å². The maximum Gasteiger partial charge on any atom is 0.0635 e. The molecular formula is C17H28N2O. The lowest BCUT2D eigenvalue weighted by atomic mass is 10.1. The van der Waals surface area contributed by atoms with Crippen molar-refractivity contribution in [3.63, 3.8) is 0 Å². The van der Waals surface area contributed by atoms with Gasteiger partial charge in [0, 0.05) is 24.8 Å². The van der Waals surface area contributed by atoms with Gasteiger partial charge in [-0.3, -0.25) is 0 Å². The van der Waals surface area contributed by atoms with Gasteiger partial charge in [0.2, 0.25) is 0 Å². The zero-order chi connectivity index (χ0) is 14.4. The molecule has 0 aromatic heterocycles. The summed E-state index contributed by atoms with van der Waals surface area (Å²) in [6.07, 6.45) is 4.83. The Morgan fingerprint density at radius 3 is 2.80 bits per heavy atom. The minimum atomic E-state index is 0.256. The van der Waals surface area contributed by atoms with Gasteiger partial charge in [-0.2, -0.15) is 0 Å². The van der Waals surface area contributed by atoms with E-state index in [4.69, 9.17) is 0 Å². The molecule has 0 radical (unpaired) electrons. The minimum Gasteiger partial charge on any atom is -0.394 e. The van der Waals surface area contributed by atoms with Crippen molar-refractivity contribution in [2.24, 2.45) is 0 Å². The Kier molecular flexibility index (Phi) is 5.86. The number of hydrogen-bond acceptors (Lipinski definition) is 3. The van der Waals surface area contributed by atoms with Crippen LogP contribution in [0.15, 0.2) is 24.3 Å². The van der Waals surface area contributed by atoms with E-state index >= 15 is 0 Å². The number of hydrogen-bond donors (Lipinski definition) is 2. The number of rotatable bonds is 5. The Balaban J connectivity index is 2.20. The quantitative estimate of drug-likeness (QED) is 0.868. The first-order valence-corrected chi connectivity index (χ1v) is 7.91. The maximum atomic E-state index is 9.70. The molecular weight excluding hydrogens is 248 g/mol. The van der Waals surface area contributed by atoms with Gasteiger partial charge in [0.1, 0.15) is 0 Å². The molecule has 1 unspecified atom stereocenters. The average molecular weight is 276 g/mol. The largest absolute Gasteiger partial charge is 0.394 e. The third-order valence-corrected chi connectivity index (χ3v) is 4.09. The first-order valence-electron chi connectivity index (χ1n) is 7.91. The molecule has 0 aliphatic carbocycles. The van der Waals surface area contributed by atoms with Crippen molar-refractivity contribution in [3.05, 3.63) is 29.8 Å². The van der Waals surface area contributed by atoms with E-state index in [0.717, 1.165) is 19.5 Å². The fourth-order valence-corrected chi connectivity index (χ4v) is 2.94. The molecule has 1 aromatic rings. The van der Waals surface area contributed by atoms with Crippen molar-refractivity contribution in [1.82, 2.24) is 5.32 Å². The molecule has 20 heavy (non-hydrogen) atoms. The van der Waals surface area contributed by atoms with Gasteiger partial charge in [-0.15, -0.1) is 0 Å². The van der Waals surface area contributed by atoms with E-state index in [1.165, 1.54) is 30.5 Å². The predicted molar refractivity (Wildman–Crippen MR) is 85.1 cm³/mol. The summed E-state index contributed by atoms with van der Waals surface area (Å²) in [6.45, 7) is 6.55. The lowest BCUT2D eigenvalue weighted by molar-refractivity contribution is 0.255. The first kappa shape index (κ1) is 15.3. The molecule has 3 heteroatoms. The van der Waals surface area contributed by atoms with E-state index in [1.807, 2.05) is 0 Å². The SMILES string of the molecule is CC(C)NCc1ccccc1N1CCCCCC1CO. The normalized spacial score (nSPS) is 20.2. The first-order chi connectivity index (χ1) is 9.72. The van der Waals surface area contributed by atoms with Crippen molar-refractivity contribution in [3.8, 4) is 0 Å². The lowest BCUT2D eigenvalue weighted by Crippen LogP contribution is -2.38. The molecule has 0 saturated carbocycles. The molecule has 112 valence electrons. The molecule has 1 aliphatic heterocycles. The highest BCUT2D eigenvalue weighted by Gasteiger charge is 2.22. The molecule has 0 bridgehead atoms. The fraction of sp³-hybridized carbons (Fsp3) is 0.647. The van der Waals surface area contributed by atoms with Crippen molar-refractivity contribution in [1.29, 1.82) is 0 Å². The zero-order valence-electron chi connectivity index (χ0n) is 12.8. The second-order valence-corrected chi connectivity index (χ2v) is 6.04. The third-order valence-electron chi connectivity index (χ3n) is 4.09. The van der Waals surface area contributed by atoms with E-state index in [2.05, 4.69) is 48.3 Å². The van der Waals surface area contributed by atoms with Gasteiger partial charge < -0.3 is 15.3 Å². The number of para-hydroxylation sites is 1. The molecule has 1 aliphatic rings. The second-order valence-electron chi connectivity index (χ2n) is 6.04. The van der Waals surface area contributed by atoms with Gasteiger partial charge in [0.05, 0.1) is 12.6 Å². The monoisotopic (exact) mass is 276 g/mol. The molecule has 1 atom stereocenters. The van der Waals surface area contributed by atoms with E-state index in [0.29, 0.717) is 6.04 Å². The van der Waals surface area contributed by atoms with Crippen LogP contribution in [-0.2, 0) is 6.54 Å². The molecule has 2 N–H and O–H groups in total. The highest BCUT2D eigenvalue weighted by atomic mass is 16.3. The summed E-state index contributed by atoms with van der Waals surface area (Å²) in [5.41, 5.74) is 2.63. The van der Waals surface area contributed by atoms with Crippen molar-refractivity contribution in [2.45, 2.75) is 58.2 Å². The fourth-order valence-electron chi connectivity index (χ4n) is 2.94. The highest BCUT2D eigenvalue weighted by Crippen LogP contribution is 2.27. The van der Waals surface area contributed by atoms with Crippen LogP contribution in [0.4, 0.5) is 5.69 Å². The van der Waals surface area contributed by atoms with Crippen LogP contribution in [0, 0.1) is 0 Å². The zero-order valence-corrected chi connectivity index (χ0v) is 12.8. The van der Waals surface area contributed by atoms with Crippen LogP contribution in [0.2, 0.25) is 0 Å². The van der Waals surface area contributed by atoms with Gasteiger partial charge in [0.25, 0.3) is 0 Å². The van der Waals surface area contributed by atoms with Crippen LogP contribution in [0.25, 0.3) is 0 Å². The van der Waals surface area contributed by atoms with Crippen LogP contribution in [0.3, 0.4) is 0 Å². The van der Waals surface area contributed by atoms with Gasteiger partial charge in [-0.1, -0.05) is 44.9 Å². The number of nitrogens with one attached hydrogen (secondary N) is 1. The smallest absolute Gasteiger partial charge is 0.0635 e. The molecule has 0 amide bonds. The summed E-state index contributed by atoms with van der Waals surface area (Å²) in [5.74, 6) is 0. The number of benzene rings is 1. The van der Waals surface area contributed by atoms with Crippen LogP contribution in [-0.4, -0.2) is 30.3 Å². The average Bonchev–Trinajstić information content (AvgIpc) is 2.70. The van der Waals surface area contributed by atoms with Gasteiger partial charge in [-0.25, -0.2) is 0 Å². The molecule has 1 fully saturated rings. The summed E-state index contributed by atoms with van der Waals surface area (Å²) >= 11 is 0. The van der Waals surface area contributed by atoms with E-state index < -0.39 is 0 Å². The molecule has 1 saturated heterocycles. The Labute approximate surface area is 123 Å². The number of aliphatic hydroxyl groups is 1. The summed E-state index contributed by atoms with van der Waals surface area (Å²) in [6, 6.07) is 9.37. The number of aliphatic hydroxyl groups excluding tert-OH is 1. The topological polar surface area (TPSA) is 35.5 Å². The maximum absolute atomic E-state index is 9.70. The number of nitrogens with zero attached hydrogens (tertiary/aromatic N) is 1. The Bertz CT molecular complexity index is 406. The van der Waals surface area contributed by atoms with Gasteiger partial charge in [0.15, 0.2) is 0 Å². The van der Waals surface area contributed by atoms with Crippen molar-refractivity contribution < 1.29 is 5.11 Å². The highest BCUT2D eigenvalue weighted by molar-refractivity contribution is 5.54. The minimum absolute atomic E-state index is 0.256. The Morgan fingerprint density at radius 2 is 2.05 bits per heavy atom. The van der Waals surface area contributed by atoms with E-state index in [9.17, 15) is 5.11 Å². The molecule has 2 rings (SSSR count). The molecule has 1 aromatic carbocycles. The van der Waals surface area contributed by atoms with E-state index in [1.54, 1.807) is 0 Å². The third kappa shape index (κ3) is 3.97. The summed E-state index contributed by atoms with van der Waals surface area (Å²) in [4.78, 5) is 2.42. The van der Waals surface area contributed by atoms with Crippen LogP contribution < -0.4 is 10.2 Å². The summed E-state index contributed by atoms with van der Waals surface area (Å²) in [7, 11) is 0. The van der Waals surface area contributed by atoms with Crippen LogP contribution in [0.1, 0.15) is 45.1 Å². The predicted octanol–water partition coefficient (Wildman–Crippen LogP) is 2.93. The second kappa shape index (κ2) is 7.65. The van der Waals surface area contributed by atoms with Gasteiger partial charge >= 0.3 is 0 Å². The lowest BCUT2D eigenvalue weighted by Gasteiger charge is -2.32. The molecule has 1 heterocycles. The Hall–Kier alpha value is -1.06. The molecule has 0 spiro atoms. The van der Waals surface area contributed by atoms with Crippen molar-refractivity contribution in [2.75, 3.05) is 18.1 Å². The number of anilines is 1. The Morgan fingerprint density at radius 1 is 1.25 bits per heavy atom.